The Kier molecular flexibility index (Phi) is 5.67. The van der Waals surface area contributed by atoms with Crippen LogP contribution in [0.15, 0.2) is 29.2 Å². The van der Waals surface area contributed by atoms with E-state index in [9.17, 15) is 19.6 Å². The first kappa shape index (κ1) is 21.7. The summed E-state index contributed by atoms with van der Waals surface area (Å²) >= 11 is 11.0. The predicted molar refractivity (Wildman–Crippen MR) is 106 cm³/mol. The number of aryl methyl sites for hydroxylation is 1. The van der Waals surface area contributed by atoms with E-state index in [1.807, 2.05) is 0 Å². The number of phosphoric ester groups is 1. The Morgan fingerprint density at radius 2 is 2.17 bits per heavy atom. The molecule has 2 aliphatic heterocycles. The van der Waals surface area contributed by atoms with Crippen LogP contribution in [0.3, 0.4) is 0 Å². The van der Waals surface area contributed by atoms with Gasteiger partial charge in [-0.05, 0) is 50.2 Å². The summed E-state index contributed by atoms with van der Waals surface area (Å²) in [5.41, 5.74) is 0.636. The van der Waals surface area contributed by atoms with Gasteiger partial charge in [-0.1, -0.05) is 11.6 Å². The normalized spacial score (nSPS) is 26.3. The van der Waals surface area contributed by atoms with Crippen LogP contribution in [-0.4, -0.2) is 31.8 Å². The Morgan fingerprint density at radius 3 is 2.93 bits per heavy atom. The van der Waals surface area contributed by atoms with E-state index in [4.69, 9.17) is 42.1 Å². The molecule has 1 aromatic carbocycles. The lowest BCUT2D eigenvalue weighted by Crippen LogP contribution is -2.44. The number of aliphatic hydroxyl groups is 2. The van der Waals surface area contributed by atoms with Gasteiger partial charge in [-0.25, -0.2) is 9.09 Å². The third-order valence-electron chi connectivity index (χ3n) is 4.73. The van der Waals surface area contributed by atoms with Crippen LogP contribution >= 0.6 is 31.6 Å². The molecule has 4 rings (SSSR count). The van der Waals surface area contributed by atoms with E-state index in [2.05, 4.69) is 4.98 Å². The number of aromatic amines is 1. The summed E-state index contributed by atoms with van der Waals surface area (Å²) in [6.07, 6.45) is 0.0372. The Hall–Kier alpha value is -1.56. The monoisotopic (exact) mass is 476 g/mol. The summed E-state index contributed by atoms with van der Waals surface area (Å²) in [5, 5.41) is 21.3. The van der Waals surface area contributed by atoms with E-state index in [-0.39, 0.29) is 29.1 Å². The van der Waals surface area contributed by atoms with Crippen LogP contribution in [-0.2, 0) is 25.0 Å². The molecule has 30 heavy (non-hydrogen) atoms. The van der Waals surface area contributed by atoms with E-state index in [0.717, 1.165) is 0 Å². The number of phosphoric acid groups is 1. The largest absolute Gasteiger partial charge is 0.534 e. The molecule has 2 aliphatic rings. The molecule has 10 nitrogen and oxygen atoms in total. The fourth-order valence-electron chi connectivity index (χ4n) is 3.21. The fourth-order valence-corrected chi connectivity index (χ4v) is 4.98. The van der Waals surface area contributed by atoms with Gasteiger partial charge in [0.15, 0.2) is 4.77 Å². The van der Waals surface area contributed by atoms with Crippen LogP contribution in [0.2, 0.25) is 5.02 Å². The summed E-state index contributed by atoms with van der Waals surface area (Å²) in [6.45, 7) is 1.46. The average Bonchev–Trinajstić information content (AvgIpc) is 3.15. The van der Waals surface area contributed by atoms with Crippen LogP contribution in [0, 0.1) is 11.7 Å². The van der Waals surface area contributed by atoms with Gasteiger partial charge in [-0.3, -0.25) is 18.9 Å². The van der Waals surface area contributed by atoms with Crippen LogP contribution < -0.4 is 10.1 Å². The summed E-state index contributed by atoms with van der Waals surface area (Å²) < 4.78 is 35.4. The van der Waals surface area contributed by atoms with Gasteiger partial charge in [0.05, 0.1) is 6.61 Å². The third-order valence-corrected chi connectivity index (χ3v) is 6.64. The number of nitrogens with one attached hydrogen (secondary N) is 1. The molecule has 3 N–H and O–H groups in total. The quantitative estimate of drug-likeness (QED) is 0.346. The Balaban J connectivity index is 1.49. The van der Waals surface area contributed by atoms with Crippen molar-refractivity contribution in [2.24, 2.45) is 0 Å². The first-order chi connectivity index (χ1) is 14.1. The molecule has 0 spiro atoms. The number of aromatic nitrogens is 2. The second-order valence-corrected chi connectivity index (χ2v) is 9.29. The van der Waals surface area contributed by atoms with E-state index >= 15 is 0 Å². The Morgan fingerprint density at radius 1 is 1.40 bits per heavy atom. The summed E-state index contributed by atoms with van der Waals surface area (Å²) in [7, 11) is -4.35. The number of benzene rings is 1. The standard InChI is InChI=1S/C17H18ClN2O8PS/c1-9-7-20(16(30)19-15(9)21)14-5-4-13(26-14)17(22,23)28-29(24)25-8-10-6-11(18)2-3-12(10)27-29/h2-3,6-7,13-14,22-23H,4-5,8H2,1H3,(H,19,21,30). The minimum Gasteiger partial charge on any atom is -0.404 e. The molecule has 3 heterocycles. The average molecular weight is 477 g/mol. The molecular formula is C17H18ClN2O8PS. The van der Waals surface area contributed by atoms with E-state index in [0.29, 0.717) is 22.6 Å². The van der Waals surface area contributed by atoms with Gasteiger partial charge in [0, 0.05) is 22.3 Å². The van der Waals surface area contributed by atoms with Crippen molar-refractivity contribution < 1.29 is 33.1 Å². The molecule has 0 aliphatic carbocycles. The zero-order chi connectivity index (χ0) is 21.7. The maximum Gasteiger partial charge on any atom is 0.534 e. The van der Waals surface area contributed by atoms with Crippen molar-refractivity contribution >= 4 is 31.6 Å². The van der Waals surface area contributed by atoms with Crippen molar-refractivity contribution in [1.82, 2.24) is 9.55 Å². The van der Waals surface area contributed by atoms with Gasteiger partial charge < -0.3 is 19.5 Å². The first-order valence-corrected chi connectivity index (χ1v) is 11.2. The molecule has 1 saturated heterocycles. The first-order valence-electron chi connectivity index (χ1n) is 8.92. The maximum atomic E-state index is 12.8. The number of halogens is 1. The van der Waals surface area contributed by atoms with E-state index in [1.54, 1.807) is 13.0 Å². The highest BCUT2D eigenvalue weighted by atomic mass is 35.5. The molecule has 13 heteroatoms. The van der Waals surface area contributed by atoms with Gasteiger partial charge in [0.25, 0.3) is 5.56 Å². The van der Waals surface area contributed by atoms with Crippen molar-refractivity contribution in [2.75, 3.05) is 0 Å². The van der Waals surface area contributed by atoms with Gasteiger partial charge in [0.1, 0.15) is 18.1 Å². The number of ether oxygens (including phenoxy) is 1. The second kappa shape index (κ2) is 7.85. The minimum absolute atomic E-state index is 0.126. The van der Waals surface area contributed by atoms with Crippen LogP contribution in [0.4, 0.5) is 0 Å². The minimum atomic E-state index is -4.35. The van der Waals surface area contributed by atoms with Gasteiger partial charge >= 0.3 is 13.8 Å². The molecule has 0 radical (unpaired) electrons. The highest BCUT2D eigenvalue weighted by molar-refractivity contribution is 7.71. The number of rotatable bonds is 4. The van der Waals surface area contributed by atoms with Crippen molar-refractivity contribution in [2.45, 2.75) is 44.7 Å². The lowest BCUT2D eigenvalue weighted by molar-refractivity contribution is -0.349. The summed E-state index contributed by atoms with van der Waals surface area (Å²) in [4.78, 5) is 14.2. The molecule has 1 fully saturated rings. The topological polar surface area (TPSA) is 132 Å². The number of hydrogen-bond acceptors (Lipinski definition) is 9. The molecule has 0 bridgehead atoms. The van der Waals surface area contributed by atoms with Crippen molar-refractivity contribution in [3.63, 3.8) is 0 Å². The zero-order valence-corrected chi connectivity index (χ0v) is 18.1. The zero-order valence-electron chi connectivity index (χ0n) is 15.6. The molecule has 162 valence electrons. The van der Waals surface area contributed by atoms with E-state index in [1.165, 1.54) is 22.9 Å². The second-order valence-electron chi connectivity index (χ2n) is 6.95. The molecule has 0 amide bonds. The molecular weight excluding hydrogens is 459 g/mol. The molecule has 3 atom stereocenters. The lowest BCUT2D eigenvalue weighted by atomic mass is 10.2. The summed E-state index contributed by atoms with van der Waals surface area (Å²) in [6, 6.07) is 4.59. The molecule has 3 unspecified atom stereocenters. The maximum absolute atomic E-state index is 12.8. The molecule has 0 saturated carbocycles. The van der Waals surface area contributed by atoms with Gasteiger partial charge in [-0.15, -0.1) is 0 Å². The fraction of sp³-hybridized carbons (Fsp3) is 0.412. The van der Waals surface area contributed by atoms with Crippen LogP contribution in [0.5, 0.6) is 5.75 Å². The predicted octanol–water partition coefficient (Wildman–Crippen LogP) is 2.92. The van der Waals surface area contributed by atoms with Gasteiger partial charge in [0.2, 0.25) is 0 Å². The number of nitrogens with zero attached hydrogens (tertiary/aromatic N) is 1. The SMILES string of the molecule is Cc1cn(C2CCC(C(O)(O)OP3(=O)OCc4cc(Cl)ccc4O3)O2)c(=S)[nH]c1=O. The van der Waals surface area contributed by atoms with Crippen LogP contribution in [0.1, 0.15) is 30.2 Å². The van der Waals surface area contributed by atoms with Crippen LogP contribution in [0.25, 0.3) is 0 Å². The van der Waals surface area contributed by atoms with Gasteiger partial charge in [-0.2, -0.15) is 0 Å². The highest BCUT2D eigenvalue weighted by Crippen LogP contribution is 2.57. The summed E-state index contributed by atoms with van der Waals surface area (Å²) in [5.74, 6) is -2.77. The highest BCUT2D eigenvalue weighted by Gasteiger charge is 2.50. The molecule has 1 aromatic heterocycles. The van der Waals surface area contributed by atoms with Crippen molar-refractivity contribution in [1.29, 1.82) is 0 Å². The number of fused-ring (bicyclic) bond motifs is 1. The Bertz CT molecular complexity index is 1150. The smallest absolute Gasteiger partial charge is 0.404 e. The van der Waals surface area contributed by atoms with Crippen molar-refractivity contribution in [3.05, 3.63) is 55.7 Å². The van der Waals surface area contributed by atoms with Crippen molar-refractivity contribution in [3.8, 4) is 5.75 Å². The molecule has 2 aromatic rings. The third kappa shape index (κ3) is 4.25. The van der Waals surface area contributed by atoms with E-state index < -0.39 is 26.1 Å². The Labute approximate surface area is 180 Å². The number of hydrogen-bond donors (Lipinski definition) is 3. The number of H-pyrrole nitrogens is 1. The lowest BCUT2D eigenvalue weighted by Gasteiger charge is -2.32.